The van der Waals surface area contributed by atoms with E-state index in [4.69, 9.17) is 11.6 Å². The van der Waals surface area contributed by atoms with E-state index in [1.165, 1.54) is 31.2 Å². The van der Waals surface area contributed by atoms with Gasteiger partial charge in [0.25, 0.3) is 5.91 Å². The minimum Gasteiger partial charge on any atom is -0.389 e. The van der Waals surface area contributed by atoms with Crippen molar-refractivity contribution in [2.75, 3.05) is 5.32 Å². The second-order valence-corrected chi connectivity index (χ2v) is 11.8. The molecule has 1 unspecified atom stereocenters. The van der Waals surface area contributed by atoms with Crippen LogP contribution in [0.4, 0.5) is 14.5 Å². The molecular formula is C24H24ClF2NO5S. The Morgan fingerprint density at radius 2 is 1.74 bits per heavy atom. The Balaban J connectivity index is 1.58. The molecule has 182 valence electrons. The van der Waals surface area contributed by atoms with Crippen LogP contribution in [-0.4, -0.2) is 36.1 Å². The summed E-state index contributed by atoms with van der Waals surface area (Å²) in [4.78, 5) is 24.1. The molecule has 0 aromatic heterocycles. The fourth-order valence-corrected chi connectivity index (χ4v) is 7.77. The number of nitrogens with one attached hydrogen (secondary N) is 1. The van der Waals surface area contributed by atoms with E-state index in [-0.39, 0.29) is 58.1 Å². The summed E-state index contributed by atoms with van der Waals surface area (Å²) >= 11 is 6.22. The molecule has 34 heavy (non-hydrogen) atoms. The van der Waals surface area contributed by atoms with Crippen molar-refractivity contribution in [2.24, 2.45) is 11.8 Å². The van der Waals surface area contributed by atoms with Crippen LogP contribution in [-0.2, 0) is 14.6 Å². The number of carbonyl (C=O) groups is 2. The number of benzene rings is 2. The smallest absolute Gasteiger partial charge is 0.255 e. The molecule has 2 aliphatic carbocycles. The molecule has 0 spiro atoms. The van der Waals surface area contributed by atoms with Gasteiger partial charge in [-0.25, -0.2) is 17.2 Å². The average molecular weight is 512 g/mol. The largest absolute Gasteiger partial charge is 0.389 e. The Labute approximate surface area is 201 Å². The summed E-state index contributed by atoms with van der Waals surface area (Å²) < 4.78 is 53.6. The van der Waals surface area contributed by atoms with Gasteiger partial charge in [-0.15, -0.1) is 0 Å². The van der Waals surface area contributed by atoms with Crippen molar-refractivity contribution in [1.82, 2.24) is 0 Å². The number of amides is 1. The third-order valence-corrected chi connectivity index (χ3v) is 9.68. The van der Waals surface area contributed by atoms with E-state index in [1.807, 2.05) is 0 Å². The Morgan fingerprint density at radius 1 is 1.09 bits per heavy atom. The molecule has 10 heteroatoms. The first kappa shape index (κ1) is 24.8. The molecule has 0 aliphatic heterocycles. The first-order valence-corrected chi connectivity index (χ1v) is 12.9. The van der Waals surface area contributed by atoms with Crippen molar-refractivity contribution >= 4 is 38.8 Å². The standard InChI is InChI=1S/C24H24ClF2NO5S/c1-13(29)12-24(31)15-3-4-16(24)10-18(9-15)34(32,33)22-8-14(2-6-19(22)25)23(30)28-17-5-7-20(26)21(27)11-17/h2,5-8,11,15-16,18,31H,3-4,9-10,12H2,1H3,(H,28,30)/t15-,16?,18-,24-/m0/s1. The zero-order chi connectivity index (χ0) is 24.8. The normalized spacial score (nSPS) is 26.3. The first-order chi connectivity index (χ1) is 15.9. The highest BCUT2D eigenvalue weighted by Gasteiger charge is 2.55. The lowest BCUT2D eigenvalue weighted by atomic mass is 9.72. The summed E-state index contributed by atoms with van der Waals surface area (Å²) in [5.41, 5.74) is -1.19. The monoisotopic (exact) mass is 511 g/mol. The van der Waals surface area contributed by atoms with Crippen molar-refractivity contribution in [3.63, 3.8) is 0 Å². The Hall–Kier alpha value is -2.36. The fraction of sp³-hybridized carbons (Fsp3) is 0.417. The highest BCUT2D eigenvalue weighted by Crippen LogP contribution is 2.53. The van der Waals surface area contributed by atoms with E-state index in [0.717, 1.165) is 12.1 Å². The molecule has 2 N–H and O–H groups in total. The maximum absolute atomic E-state index is 13.5. The van der Waals surface area contributed by atoms with Crippen molar-refractivity contribution in [1.29, 1.82) is 0 Å². The quantitative estimate of drug-likeness (QED) is 0.593. The van der Waals surface area contributed by atoms with Crippen LogP contribution >= 0.6 is 11.6 Å². The number of ketones is 1. The van der Waals surface area contributed by atoms with Gasteiger partial charge in [-0.05, 0) is 74.8 Å². The lowest BCUT2D eigenvalue weighted by Gasteiger charge is -2.42. The van der Waals surface area contributed by atoms with Crippen molar-refractivity contribution in [3.8, 4) is 0 Å². The third kappa shape index (κ3) is 4.48. The Kier molecular flexibility index (Phi) is 6.56. The molecule has 2 fully saturated rings. The van der Waals surface area contributed by atoms with E-state index >= 15 is 0 Å². The molecule has 2 bridgehead atoms. The van der Waals surface area contributed by atoms with Crippen LogP contribution in [0.5, 0.6) is 0 Å². The summed E-state index contributed by atoms with van der Waals surface area (Å²) in [6.45, 7) is 1.41. The molecule has 2 aromatic carbocycles. The Morgan fingerprint density at radius 3 is 2.32 bits per heavy atom. The molecule has 2 aromatic rings. The number of halogens is 3. The molecular weight excluding hydrogens is 488 g/mol. The number of hydrogen-bond acceptors (Lipinski definition) is 5. The maximum atomic E-state index is 13.5. The minimum atomic E-state index is -3.96. The molecule has 2 aliphatic rings. The number of anilines is 1. The van der Waals surface area contributed by atoms with E-state index in [9.17, 15) is 31.9 Å². The molecule has 2 saturated carbocycles. The number of aliphatic hydroxyl groups is 1. The predicted octanol–water partition coefficient (Wildman–Crippen LogP) is 4.54. The average Bonchev–Trinajstić information content (AvgIpc) is 2.92. The fourth-order valence-electron chi connectivity index (χ4n) is 5.37. The van der Waals surface area contributed by atoms with Crippen LogP contribution in [0.2, 0.25) is 5.02 Å². The zero-order valence-corrected chi connectivity index (χ0v) is 19.9. The number of carbonyl (C=O) groups excluding carboxylic acids is 2. The van der Waals surface area contributed by atoms with Crippen LogP contribution in [0, 0.1) is 23.5 Å². The molecule has 4 rings (SSSR count). The van der Waals surface area contributed by atoms with E-state index in [2.05, 4.69) is 5.32 Å². The van der Waals surface area contributed by atoms with Crippen molar-refractivity contribution < 1.29 is 31.9 Å². The summed E-state index contributed by atoms with van der Waals surface area (Å²) in [6.07, 6.45) is 1.69. The number of rotatable bonds is 6. The summed E-state index contributed by atoms with van der Waals surface area (Å²) in [5.74, 6) is -3.66. The topological polar surface area (TPSA) is 101 Å². The lowest BCUT2D eigenvalue weighted by molar-refractivity contribution is -0.128. The van der Waals surface area contributed by atoms with Crippen molar-refractivity contribution in [3.05, 3.63) is 58.6 Å². The molecule has 1 amide bonds. The lowest BCUT2D eigenvalue weighted by Crippen LogP contribution is -2.49. The van der Waals surface area contributed by atoms with E-state index < -0.39 is 38.2 Å². The van der Waals surface area contributed by atoms with Gasteiger partial charge >= 0.3 is 0 Å². The van der Waals surface area contributed by atoms with Gasteiger partial charge in [0.2, 0.25) is 0 Å². The summed E-state index contributed by atoms with van der Waals surface area (Å²) in [7, 11) is -3.96. The van der Waals surface area contributed by atoms with E-state index in [1.54, 1.807) is 0 Å². The van der Waals surface area contributed by atoms with Gasteiger partial charge in [-0.3, -0.25) is 9.59 Å². The van der Waals surface area contributed by atoms with Crippen LogP contribution in [0.1, 0.15) is 49.4 Å². The zero-order valence-electron chi connectivity index (χ0n) is 18.4. The summed E-state index contributed by atoms with van der Waals surface area (Å²) in [6, 6.07) is 6.69. The molecule has 6 nitrogen and oxygen atoms in total. The first-order valence-electron chi connectivity index (χ1n) is 10.9. The second-order valence-electron chi connectivity index (χ2n) is 9.21. The van der Waals surface area contributed by atoms with Gasteiger partial charge in [-0.1, -0.05) is 11.6 Å². The SMILES string of the molecule is CC(=O)C[C@@]1(O)C2CC[C@H]1C[C@H](S(=O)(=O)c1cc(C(=O)Nc3ccc(F)c(F)c3)ccc1Cl)C2. The van der Waals surface area contributed by atoms with Crippen molar-refractivity contribution in [2.45, 2.75) is 54.8 Å². The number of fused-ring (bicyclic) bond motifs is 2. The minimum absolute atomic E-state index is 0.00942. The second kappa shape index (κ2) is 9.02. The molecule has 0 heterocycles. The summed E-state index contributed by atoms with van der Waals surface area (Å²) in [5, 5.41) is 12.7. The number of sulfone groups is 1. The van der Waals surface area contributed by atoms with Crippen LogP contribution < -0.4 is 5.32 Å². The number of hydrogen-bond donors (Lipinski definition) is 2. The van der Waals surface area contributed by atoms with Gasteiger partial charge in [0, 0.05) is 23.7 Å². The molecule has 0 saturated heterocycles. The van der Waals surface area contributed by atoms with Gasteiger partial charge in [-0.2, -0.15) is 0 Å². The van der Waals surface area contributed by atoms with Crippen LogP contribution in [0.25, 0.3) is 0 Å². The Bertz CT molecular complexity index is 1250. The molecule has 4 atom stereocenters. The van der Waals surface area contributed by atoms with Crippen LogP contribution in [0.15, 0.2) is 41.3 Å². The van der Waals surface area contributed by atoms with Crippen LogP contribution in [0.3, 0.4) is 0 Å². The maximum Gasteiger partial charge on any atom is 0.255 e. The predicted molar refractivity (Wildman–Crippen MR) is 122 cm³/mol. The third-order valence-electron chi connectivity index (χ3n) is 7.02. The van der Waals surface area contributed by atoms with Gasteiger partial charge < -0.3 is 10.4 Å². The van der Waals surface area contributed by atoms with Gasteiger partial charge in [0.05, 0.1) is 20.8 Å². The van der Waals surface area contributed by atoms with E-state index in [0.29, 0.717) is 12.8 Å². The number of Topliss-reactive ketones (excluding diaryl/α,β-unsaturated/α-hetero) is 1. The highest BCUT2D eigenvalue weighted by atomic mass is 35.5. The molecule has 0 radical (unpaired) electrons. The van der Waals surface area contributed by atoms with Gasteiger partial charge in [0.15, 0.2) is 21.5 Å². The van der Waals surface area contributed by atoms with Gasteiger partial charge in [0.1, 0.15) is 5.78 Å². The highest BCUT2D eigenvalue weighted by molar-refractivity contribution is 7.92.